The van der Waals surface area contributed by atoms with Gasteiger partial charge in [0.05, 0.1) is 5.70 Å². The van der Waals surface area contributed by atoms with Crippen LogP contribution < -0.4 is 5.32 Å². The lowest BCUT2D eigenvalue weighted by Gasteiger charge is -2.09. The van der Waals surface area contributed by atoms with Crippen molar-refractivity contribution >= 4 is 5.57 Å². The summed E-state index contributed by atoms with van der Waals surface area (Å²) in [6.07, 6.45) is 10.9. The number of allylic oxidation sites excluding steroid dienone is 6. The van der Waals surface area contributed by atoms with Crippen molar-refractivity contribution in [1.82, 2.24) is 5.32 Å². The molecule has 0 saturated heterocycles. The summed E-state index contributed by atoms with van der Waals surface area (Å²) in [4.78, 5) is 0. The molecule has 2 N–H and O–H groups in total. The Bertz CT molecular complexity index is 630. The maximum Gasteiger partial charge on any atom is 0.139 e. The molecule has 0 unspecified atom stereocenters. The van der Waals surface area contributed by atoms with Crippen LogP contribution in [0.1, 0.15) is 51.7 Å². The van der Waals surface area contributed by atoms with E-state index in [4.69, 9.17) is 0 Å². The first-order valence-corrected chi connectivity index (χ1v) is 8.81. The van der Waals surface area contributed by atoms with Crippen LogP contribution in [0.15, 0.2) is 65.6 Å². The van der Waals surface area contributed by atoms with Gasteiger partial charge in [0.1, 0.15) is 5.76 Å². The Labute approximate surface area is 147 Å². The van der Waals surface area contributed by atoms with Crippen LogP contribution >= 0.6 is 0 Å². The fourth-order valence-corrected chi connectivity index (χ4v) is 2.28. The van der Waals surface area contributed by atoms with Crippen LogP contribution in [0.5, 0.6) is 0 Å². The van der Waals surface area contributed by atoms with E-state index in [1.54, 1.807) is 0 Å². The molecule has 24 heavy (non-hydrogen) atoms. The van der Waals surface area contributed by atoms with E-state index in [2.05, 4.69) is 63.4 Å². The Hall–Kier alpha value is -2.22. The van der Waals surface area contributed by atoms with Gasteiger partial charge in [0.25, 0.3) is 0 Å². The summed E-state index contributed by atoms with van der Waals surface area (Å²) in [6, 6.07) is 8.53. The minimum absolute atomic E-state index is 0.247. The lowest BCUT2D eigenvalue weighted by atomic mass is 10.0. The van der Waals surface area contributed by atoms with Gasteiger partial charge in [-0.2, -0.15) is 0 Å². The molecule has 2 heteroatoms. The minimum atomic E-state index is 0.247. The first-order chi connectivity index (χ1) is 11.5. The van der Waals surface area contributed by atoms with Crippen LogP contribution in [-0.4, -0.2) is 12.2 Å². The van der Waals surface area contributed by atoms with E-state index in [9.17, 15) is 5.11 Å². The number of aliphatic hydroxyl groups excluding tert-OH is 1. The number of benzene rings is 1. The lowest BCUT2D eigenvalue weighted by Crippen LogP contribution is -2.08. The van der Waals surface area contributed by atoms with Gasteiger partial charge < -0.3 is 10.4 Å². The smallest absolute Gasteiger partial charge is 0.139 e. The molecule has 1 aromatic rings. The van der Waals surface area contributed by atoms with Crippen molar-refractivity contribution in [2.75, 3.05) is 7.05 Å². The maximum atomic E-state index is 10.5. The van der Waals surface area contributed by atoms with Gasteiger partial charge in [-0.05, 0) is 55.0 Å². The topological polar surface area (TPSA) is 32.3 Å². The van der Waals surface area contributed by atoms with E-state index in [-0.39, 0.29) is 5.76 Å². The van der Waals surface area contributed by atoms with Crippen LogP contribution in [0.2, 0.25) is 0 Å². The third-order valence-electron chi connectivity index (χ3n) is 4.05. The summed E-state index contributed by atoms with van der Waals surface area (Å²) < 4.78 is 0. The highest BCUT2D eigenvalue weighted by atomic mass is 16.3. The van der Waals surface area contributed by atoms with Crippen molar-refractivity contribution in [2.45, 2.75) is 47.0 Å². The molecule has 130 valence electrons. The zero-order valence-corrected chi connectivity index (χ0v) is 15.7. The highest BCUT2D eigenvalue weighted by Crippen LogP contribution is 2.21. The Morgan fingerprint density at radius 3 is 2.25 bits per heavy atom. The summed E-state index contributed by atoms with van der Waals surface area (Å²) in [6.45, 7) is 8.46. The molecule has 0 atom stereocenters. The van der Waals surface area contributed by atoms with Crippen molar-refractivity contribution in [3.05, 3.63) is 76.7 Å². The standard InChI is InChI=1S/C22H31NO/c1-6-9-20(19-13-11-18(8-3)12-14-19)16-22(24)21(23-5)15-10-17(4)7-2/h9-16,23-24H,6-8H2,1-5H3/b17-10+,20-9+,21-15-,22-16-. The molecule has 0 aliphatic heterocycles. The summed E-state index contributed by atoms with van der Waals surface area (Å²) >= 11 is 0. The van der Waals surface area contributed by atoms with Crippen LogP contribution in [0.25, 0.3) is 5.57 Å². The number of nitrogens with one attached hydrogen (secondary N) is 1. The molecule has 0 aliphatic rings. The first-order valence-electron chi connectivity index (χ1n) is 8.81. The number of likely N-dealkylation sites (N-methyl/N-ethyl adjacent to an activating group) is 1. The molecule has 0 bridgehead atoms. The monoisotopic (exact) mass is 325 g/mol. The Kier molecular flexibility index (Phi) is 8.70. The number of aliphatic hydroxyl groups is 1. The second-order valence-corrected chi connectivity index (χ2v) is 5.84. The molecule has 0 aliphatic carbocycles. The molecule has 1 rings (SSSR count). The highest BCUT2D eigenvalue weighted by Gasteiger charge is 2.04. The van der Waals surface area contributed by atoms with E-state index >= 15 is 0 Å². The first kappa shape index (κ1) is 19.8. The summed E-state index contributed by atoms with van der Waals surface area (Å²) in [5.41, 5.74) is 5.47. The van der Waals surface area contributed by atoms with Crippen LogP contribution in [-0.2, 0) is 6.42 Å². The molecule has 2 nitrogen and oxygen atoms in total. The van der Waals surface area contributed by atoms with E-state index in [0.717, 1.165) is 36.1 Å². The van der Waals surface area contributed by atoms with Gasteiger partial charge in [0.15, 0.2) is 0 Å². The zero-order chi connectivity index (χ0) is 17.9. The Morgan fingerprint density at radius 2 is 1.75 bits per heavy atom. The number of hydrogen-bond donors (Lipinski definition) is 2. The van der Waals surface area contributed by atoms with Gasteiger partial charge in [-0.3, -0.25) is 0 Å². The zero-order valence-electron chi connectivity index (χ0n) is 15.7. The average molecular weight is 325 g/mol. The Morgan fingerprint density at radius 1 is 1.08 bits per heavy atom. The molecule has 0 spiro atoms. The van der Waals surface area contributed by atoms with Crippen molar-refractivity contribution in [3.63, 3.8) is 0 Å². The van der Waals surface area contributed by atoms with Gasteiger partial charge >= 0.3 is 0 Å². The van der Waals surface area contributed by atoms with Crippen molar-refractivity contribution in [3.8, 4) is 0 Å². The molecule has 0 heterocycles. The van der Waals surface area contributed by atoms with Crippen LogP contribution in [0.3, 0.4) is 0 Å². The quantitative estimate of drug-likeness (QED) is 0.457. The van der Waals surface area contributed by atoms with E-state index in [0.29, 0.717) is 0 Å². The largest absolute Gasteiger partial charge is 0.506 e. The Balaban J connectivity index is 3.15. The van der Waals surface area contributed by atoms with Gasteiger partial charge in [-0.15, -0.1) is 0 Å². The molecule has 1 aromatic carbocycles. The molecule has 0 fully saturated rings. The van der Waals surface area contributed by atoms with Crippen molar-refractivity contribution < 1.29 is 5.11 Å². The second-order valence-electron chi connectivity index (χ2n) is 5.84. The number of aryl methyl sites for hydroxylation is 1. The second kappa shape index (κ2) is 10.5. The van der Waals surface area contributed by atoms with Gasteiger partial charge in [-0.1, -0.05) is 62.8 Å². The number of hydrogen-bond acceptors (Lipinski definition) is 2. The van der Waals surface area contributed by atoms with Gasteiger partial charge in [0, 0.05) is 7.05 Å². The van der Waals surface area contributed by atoms with Crippen LogP contribution in [0.4, 0.5) is 0 Å². The third kappa shape index (κ3) is 6.11. The van der Waals surface area contributed by atoms with E-state index in [1.807, 2.05) is 25.3 Å². The lowest BCUT2D eigenvalue weighted by molar-refractivity contribution is 0.417. The summed E-state index contributed by atoms with van der Waals surface area (Å²) in [5, 5.41) is 13.6. The third-order valence-corrected chi connectivity index (χ3v) is 4.05. The average Bonchev–Trinajstić information content (AvgIpc) is 2.61. The predicted octanol–water partition coefficient (Wildman–Crippen LogP) is 5.94. The molecule has 0 radical (unpaired) electrons. The van der Waals surface area contributed by atoms with Gasteiger partial charge in [0.2, 0.25) is 0 Å². The summed E-state index contributed by atoms with van der Waals surface area (Å²) in [7, 11) is 1.82. The molecule has 0 amide bonds. The van der Waals surface area contributed by atoms with Crippen molar-refractivity contribution in [2.24, 2.45) is 0 Å². The van der Waals surface area contributed by atoms with Gasteiger partial charge in [-0.25, -0.2) is 0 Å². The SMILES string of the molecule is CC\C=C(/C=C(O)/C(=C/C=C(\C)CC)NC)c1ccc(CC)cc1. The molecular weight excluding hydrogens is 294 g/mol. The summed E-state index contributed by atoms with van der Waals surface area (Å²) in [5.74, 6) is 0.247. The fourth-order valence-electron chi connectivity index (χ4n) is 2.28. The van der Waals surface area contributed by atoms with Crippen molar-refractivity contribution in [1.29, 1.82) is 0 Å². The normalized spacial score (nSPS) is 14.0. The van der Waals surface area contributed by atoms with Crippen LogP contribution in [0, 0.1) is 0 Å². The molecular formula is C22H31NO. The fraction of sp³-hybridized carbons (Fsp3) is 0.364. The molecule has 0 saturated carbocycles. The number of rotatable bonds is 8. The maximum absolute atomic E-state index is 10.5. The minimum Gasteiger partial charge on any atom is -0.506 e. The van der Waals surface area contributed by atoms with E-state index in [1.165, 1.54) is 11.1 Å². The predicted molar refractivity (Wildman–Crippen MR) is 106 cm³/mol. The highest BCUT2D eigenvalue weighted by molar-refractivity contribution is 5.75. The molecule has 0 aromatic heterocycles. The van der Waals surface area contributed by atoms with E-state index < -0.39 is 0 Å².